The van der Waals surface area contributed by atoms with Gasteiger partial charge in [-0.1, -0.05) is 0 Å². The lowest BCUT2D eigenvalue weighted by molar-refractivity contribution is -0.0619. The van der Waals surface area contributed by atoms with Gasteiger partial charge in [0.2, 0.25) is 0 Å². The van der Waals surface area contributed by atoms with Crippen LogP contribution in [0.5, 0.6) is 0 Å². The molecule has 12 heteroatoms. The van der Waals surface area contributed by atoms with Crippen molar-refractivity contribution in [3.8, 4) is 0 Å². The summed E-state index contributed by atoms with van der Waals surface area (Å²) in [5, 5.41) is 12.9. The van der Waals surface area contributed by atoms with E-state index in [0.717, 1.165) is 4.57 Å². The zero-order chi connectivity index (χ0) is 17.2. The van der Waals surface area contributed by atoms with Gasteiger partial charge in [0.1, 0.15) is 24.1 Å². The molecular weight excluding hydrogens is 333 g/mol. The van der Waals surface area contributed by atoms with Gasteiger partial charge >= 0.3 is 13.5 Å². The number of hydrogen-bond donors (Lipinski definition) is 4. The molecule has 11 nitrogen and oxygen atoms in total. The third kappa shape index (κ3) is 4.15. The lowest BCUT2D eigenvalue weighted by atomic mass is 10.1. The Bertz CT molecular complexity index is 646. The number of nitrogens with one attached hydrogen (secondary N) is 1. The highest BCUT2D eigenvalue weighted by molar-refractivity contribution is 7.46. The molecule has 1 aliphatic heterocycles. The Balaban J connectivity index is 2.21. The van der Waals surface area contributed by atoms with Crippen LogP contribution in [0.3, 0.4) is 0 Å². The lowest BCUT2D eigenvalue weighted by Gasteiger charge is -2.20. The van der Waals surface area contributed by atoms with Crippen molar-refractivity contribution in [2.45, 2.75) is 24.5 Å². The summed E-state index contributed by atoms with van der Waals surface area (Å²) in [6, 6.07) is 1.53. The number of anilines is 1. The number of rotatable bonds is 6. The van der Waals surface area contributed by atoms with E-state index in [1.165, 1.54) is 19.4 Å². The molecule has 0 radical (unpaired) electrons. The van der Waals surface area contributed by atoms with Gasteiger partial charge in [-0.3, -0.25) is 9.09 Å². The van der Waals surface area contributed by atoms with E-state index in [4.69, 9.17) is 19.3 Å². The molecule has 0 aromatic carbocycles. The van der Waals surface area contributed by atoms with Crippen molar-refractivity contribution in [1.82, 2.24) is 9.55 Å². The van der Waals surface area contributed by atoms with Crippen LogP contribution < -0.4 is 11.0 Å². The van der Waals surface area contributed by atoms with Crippen molar-refractivity contribution in [2.75, 3.05) is 26.1 Å². The van der Waals surface area contributed by atoms with Crippen LogP contribution in [0.25, 0.3) is 0 Å². The van der Waals surface area contributed by atoms with Gasteiger partial charge in [0.25, 0.3) is 0 Å². The predicted molar refractivity (Wildman–Crippen MR) is 76.8 cm³/mol. The van der Waals surface area contributed by atoms with Crippen molar-refractivity contribution in [3.05, 3.63) is 22.7 Å². The van der Waals surface area contributed by atoms with Crippen molar-refractivity contribution in [1.29, 1.82) is 0 Å². The van der Waals surface area contributed by atoms with Gasteiger partial charge in [-0.2, -0.15) is 4.98 Å². The average molecular weight is 351 g/mol. The van der Waals surface area contributed by atoms with Crippen LogP contribution in [-0.4, -0.2) is 63.5 Å². The molecular formula is C11H18N3O8P. The molecule has 1 saturated heterocycles. The van der Waals surface area contributed by atoms with Crippen LogP contribution in [0, 0.1) is 0 Å². The second-order valence-electron chi connectivity index (χ2n) is 4.79. The molecule has 1 aliphatic rings. The van der Waals surface area contributed by atoms with Gasteiger partial charge in [0.05, 0.1) is 6.61 Å². The standard InChI is InChI=1S/C11H18N3O8P/c1-12-7-3-4-14(11(16)13-7)10-9(20-2)8(15)6(22-10)5-21-23(17,18)19/h3-4,6,8-10,15H,5H2,1-2H3,(H,12,13,16)(H2,17,18,19)/t6-,8-,9-,10-/m1/s1. The predicted octanol–water partition coefficient (Wildman–Crippen LogP) is -1.33. The minimum absolute atomic E-state index is 0.361. The molecule has 2 rings (SSSR count). The highest BCUT2D eigenvalue weighted by Crippen LogP contribution is 2.38. The Morgan fingerprint density at radius 2 is 2.22 bits per heavy atom. The molecule has 0 aliphatic carbocycles. The largest absolute Gasteiger partial charge is 0.469 e. The zero-order valence-corrected chi connectivity index (χ0v) is 13.3. The van der Waals surface area contributed by atoms with E-state index >= 15 is 0 Å². The Kier molecular flexibility index (Phi) is 5.53. The number of ether oxygens (including phenoxy) is 2. The normalized spacial score (nSPS) is 28.0. The van der Waals surface area contributed by atoms with E-state index in [0.29, 0.717) is 5.82 Å². The summed E-state index contributed by atoms with van der Waals surface area (Å²) in [6.07, 6.45) is -2.84. The molecule has 0 amide bonds. The number of phosphoric ester groups is 1. The molecule has 130 valence electrons. The molecule has 2 heterocycles. The van der Waals surface area contributed by atoms with E-state index in [1.807, 2.05) is 0 Å². The van der Waals surface area contributed by atoms with Crippen molar-refractivity contribution in [2.24, 2.45) is 0 Å². The van der Waals surface area contributed by atoms with Crippen LogP contribution >= 0.6 is 7.82 Å². The third-order valence-corrected chi connectivity index (χ3v) is 3.84. The Hall–Kier alpha value is -1.33. The summed E-state index contributed by atoms with van der Waals surface area (Å²) >= 11 is 0. The first kappa shape index (κ1) is 18.0. The third-order valence-electron chi connectivity index (χ3n) is 3.35. The molecule has 1 aromatic heterocycles. The highest BCUT2D eigenvalue weighted by Gasteiger charge is 2.46. The summed E-state index contributed by atoms with van der Waals surface area (Å²) < 4.78 is 26.8. The monoisotopic (exact) mass is 351 g/mol. The fourth-order valence-corrected chi connectivity index (χ4v) is 2.59. The molecule has 4 N–H and O–H groups in total. The van der Waals surface area contributed by atoms with Gasteiger partial charge in [0.15, 0.2) is 6.23 Å². The van der Waals surface area contributed by atoms with Crippen LogP contribution in [0.2, 0.25) is 0 Å². The molecule has 1 fully saturated rings. The molecule has 0 saturated carbocycles. The average Bonchev–Trinajstić information content (AvgIpc) is 2.80. The highest BCUT2D eigenvalue weighted by atomic mass is 31.2. The number of methoxy groups -OCH3 is 1. The minimum Gasteiger partial charge on any atom is -0.387 e. The first-order valence-corrected chi connectivity index (χ1v) is 8.13. The zero-order valence-electron chi connectivity index (χ0n) is 12.4. The van der Waals surface area contributed by atoms with E-state index in [1.54, 1.807) is 7.05 Å². The number of aliphatic hydroxyl groups excluding tert-OH is 1. The SMILES string of the molecule is CNc1ccn([C@@H]2O[C@H](COP(=O)(O)O)[C@@H](O)[C@H]2OC)c(=O)n1. The molecule has 0 unspecified atom stereocenters. The fourth-order valence-electron chi connectivity index (χ4n) is 2.25. The number of nitrogens with zero attached hydrogens (tertiary/aromatic N) is 2. The Labute approximate surface area is 131 Å². The lowest BCUT2D eigenvalue weighted by Crippen LogP contribution is -2.37. The van der Waals surface area contributed by atoms with Crippen LogP contribution in [-0.2, 0) is 18.6 Å². The van der Waals surface area contributed by atoms with Crippen LogP contribution in [0.4, 0.5) is 5.82 Å². The quantitative estimate of drug-likeness (QED) is 0.453. The minimum atomic E-state index is -4.71. The first-order valence-electron chi connectivity index (χ1n) is 6.60. The molecule has 4 atom stereocenters. The topological polar surface area (TPSA) is 152 Å². The second kappa shape index (κ2) is 7.05. The van der Waals surface area contributed by atoms with Crippen molar-refractivity contribution in [3.63, 3.8) is 0 Å². The maximum Gasteiger partial charge on any atom is 0.469 e. The second-order valence-corrected chi connectivity index (χ2v) is 6.03. The Morgan fingerprint density at radius 3 is 2.74 bits per heavy atom. The molecule has 0 spiro atoms. The molecule has 1 aromatic rings. The maximum absolute atomic E-state index is 12.0. The number of aliphatic hydroxyl groups is 1. The number of aromatic nitrogens is 2. The summed E-state index contributed by atoms with van der Waals surface area (Å²) in [7, 11) is -1.78. The van der Waals surface area contributed by atoms with E-state index in [2.05, 4.69) is 14.8 Å². The maximum atomic E-state index is 12.0. The summed E-state index contributed by atoms with van der Waals surface area (Å²) in [6.45, 7) is -0.557. The number of hydrogen-bond acceptors (Lipinski definition) is 8. The molecule has 23 heavy (non-hydrogen) atoms. The Morgan fingerprint density at radius 1 is 1.52 bits per heavy atom. The first-order chi connectivity index (χ1) is 10.8. The molecule has 0 bridgehead atoms. The van der Waals surface area contributed by atoms with Gasteiger partial charge in [-0.25, -0.2) is 9.36 Å². The van der Waals surface area contributed by atoms with Gasteiger partial charge in [-0.05, 0) is 6.07 Å². The summed E-state index contributed by atoms with van der Waals surface area (Å²) in [5.74, 6) is 0.361. The van der Waals surface area contributed by atoms with Crippen LogP contribution in [0.1, 0.15) is 6.23 Å². The summed E-state index contributed by atoms with van der Waals surface area (Å²) in [4.78, 5) is 33.2. The summed E-state index contributed by atoms with van der Waals surface area (Å²) in [5.41, 5.74) is -0.632. The van der Waals surface area contributed by atoms with E-state index in [-0.39, 0.29) is 0 Å². The van der Waals surface area contributed by atoms with E-state index < -0.39 is 44.7 Å². The van der Waals surface area contributed by atoms with Crippen molar-refractivity contribution < 1.29 is 33.5 Å². The van der Waals surface area contributed by atoms with Crippen LogP contribution in [0.15, 0.2) is 17.1 Å². The number of phosphoric acid groups is 1. The smallest absolute Gasteiger partial charge is 0.387 e. The van der Waals surface area contributed by atoms with Gasteiger partial charge < -0.3 is 29.7 Å². The van der Waals surface area contributed by atoms with Gasteiger partial charge in [-0.15, -0.1) is 0 Å². The van der Waals surface area contributed by atoms with Gasteiger partial charge in [0, 0.05) is 20.4 Å². The van der Waals surface area contributed by atoms with E-state index in [9.17, 15) is 14.5 Å². The fraction of sp³-hybridized carbons (Fsp3) is 0.636. The van der Waals surface area contributed by atoms with Crippen molar-refractivity contribution >= 4 is 13.6 Å².